The number of benzene rings is 2. The maximum Gasteiger partial charge on any atom is 0.237 e. The molecule has 5 nitrogen and oxygen atoms in total. The van der Waals surface area contributed by atoms with E-state index in [1.807, 2.05) is 68.8 Å². The lowest BCUT2D eigenvalue weighted by Crippen LogP contribution is -2.23. The SMILES string of the molecule is Cc1ccccc1-c1nnc(S[C@H](C)C(=O)Nc2c(C)cccc2C)n1C. The maximum atomic E-state index is 12.7. The van der Waals surface area contributed by atoms with Crippen LogP contribution in [-0.2, 0) is 11.8 Å². The molecule has 0 saturated heterocycles. The smallest absolute Gasteiger partial charge is 0.237 e. The van der Waals surface area contributed by atoms with E-state index in [0.29, 0.717) is 0 Å². The van der Waals surface area contributed by atoms with Crippen molar-refractivity contribution in [2.45, 2.75) is 38.1 Å². The zero-order chi connectivity index (χ0) is 19.6. The standard InChI is InChI=1S/C21H24N4OS/c1-13-9-6-7-12-17(13)19-23-24-21(25(19)5)27-16(4)20(26)22-18-14(2)10-8-11-15(18)3/h6-12,16H,1-5H3,(H,22,26)/t16-/m1/s1. The lowest BCUT2D eigenvalue weighted by molar-refractivity contribution is -0.115. The van der Waals surface area contributed by atoms with Gasteiger partial charge in [0, 0.05) is 18.3 Å². The first-order chi connectivity index (χ1) is 12.9. The van der Waals surface area contributed by atoms with Crippen LogP contribution in [0.2, 0.25) is 0 Å². The van der Waals surface area contributed by atoms with E-state index in [0.717, 1.165) is 38.9 Å². The van der Waals surface area contributed by atoms with Crippen molar-refractivity contribution >= 4 is 23.4 Å². The van der Waals surface area contributed by atoms with Crippen LogP contribution < -0.4 is 5.32 Å². The Morgan fingerprint density at radius 2 is 1.63 bits per heavy atom. The highest BCUT2D eigenvalue weighted by Crippen LogP contribution is 2.28. The van der Waals surface area contributed by atoms with Gasteiger partial charge in [-0.1, -0.05) is 54.2 Å². The van der Waals surface area contributed by atoms with Crippen molar-refractivity contribution in [1.82, 2.24) is 14.8 Å². The van der Waals surface area contributed by atoms with E-state index in [1.54, 1.807) is 0 Å². The van der Waals surface area contributed by atoms with Gasteiger partial charge < -0.3 is 9.88 Å². The second-order valence-corrected chi connectivity index (χ2v) is 8.00. The monoisotopic (exact) mass is 380 g/mol. The van der Waals surface area contributed by atoms with Crippen molar-refractivity contribution in [3.63, 3.8) is 0 Å². The van der Waals surface area contributed by atoms with Crippen LogP contribution in [0.5, 0.6) is 0 Å². The van der Waals surface area contributed by atoms with Crippen LogP contribution in [0.15, 0.2) is 47.6 Å². The number of hydrogen-bond acceptors (Lipinski definition) is 4. The number of rotatable bonds is 5. The second kappa shape index (κ2) is 7.96. The molecular formula is C21H24N4OS. The van der Waals surface area contributed by atoms with Gasteiger partial charge in [0.25, 0.3) is 0 Å². The number of amides is 1. The third-order valence-electron chi connectivity index (χ3n) is 4.60. The molecule has 140 valence electrons. The topological polar surface area (TPSA) is 59.8 Å². The van der Waals surface area contributed by atoms with Gasteiger partial charge >= 0.3 is 0 Å². The molecule has 0 aliphatic rings. The number of carbonyl (C=O) groups excluding carboxylic acids is 1. The minimum Gasteiger partial charge on any atom is -0.325 e. The minimum atomic E-state index is -0.295. The van der Waals surface area contributed by atoms with Gasteiger partial charge in [-0.05, 0) is 44.4 Å². The lowest BCUT2D eigenvalue weighted by atomic mass is 10.1. The largest absolute Gasteiger partial charge is 0.325 e. The van der Waals surface area contributed by atoms with Gasteiger partial charge in [-0.3, -0.25) is 4.79 Å². The molecular weight excluding hydrogens is 356 g/mol. The molecule has 0 aliphatic heterocycles. The Labute approximate surface area is 164 Å². The molecule has 0 aliphatic carbocycles. The Kier molecular flexibility index (Phi) is 5.65. The molecule has 1 heterocycles. The molecule has 0 bridgehead atoms. The first-order valence-electron chi connectivity index (χ1n) is 8.87. The summed E-state index contributed by atoms with van der Waals surface area (Å²) >= 11 is 1.41. The minimum absolute atomic E-state index is 0.0437. The van der Waals surface area contributed by atoms with Gasteiger partial charge in [-0.2, -0.15) is 0 Å². The summed E-state index contributed by atoms with van der Waals surface area (Å²) in [5.74, 6) is 0.760. The molecule has 0 radical (unpaired) electrons. The average Bonchev–Trinajstić information content (AvgIpc) is 2.99. The van der Waals surface area contributed by atoms with Gasteiger partial charge in [0.2, 0.25) is 5.91 Å². The summed E-state index contributed by atoms with van der Waals surface area (Å²) in [4.78, 5) is 12.7. The number of aromatic nitrogens is 3. The normalized spacial score (nSPS) is 12.0. The second-order valence-electron chi connectivity index (χ2n) is 6.70. The number of aryl methyl sites for hydroxylation is 3. The number of hydrogen-bond donors (Lipinski definition) is 1. The summed E-state index contributed by atoms with van der Waals surface area (Å²) < 4.78 is 1.94. The van der Waals surface area contributed by atoms with Crippen LogP contribution in [-0.4, -0.2) is 25.9 Å². The van der Waals surface area contributed by atoms with E-state index in [-0.39, 0.29) is 11.2 Å². The molecule has 6 heteroatoms. The molecule has 1 N–H and O–H groups in total. The van der Waals surface area contributed by atoms with E-state index >= 15 is 0 Å². The average molecular weight is 381 g/mol. The molecule has 0 fully saturated rings. The Bertz CT molecular complexity index is 960. The zero-order valence-electron chi connectivity index (χ0n) is 16.3. The molecule has 0 spiro atoms. The van der Waals surface area contributed by atoms with Crippen molar-refractivity contribution in [2.24, 2.45) is 7.05 Å². The molecule has 1 atom stereocenters. The fourth-order valence-electron chi connectivity index (χ4n) is 2.92. The first-order valence-corrected chi connectivity index (χ1v) is 9.75. The van der Waals surface area contributed by atoms with E-state index in [4.69, 9.17) is 0 Å². The predicted octanol–water partition coefficient (Wildman–Crippen LogP) is 4.53. The number of nitrogens with zero attached hydrogens (tertiary/aromatic N) is 3. The first kappa shape index (κ1) is 19.2. The third-order valence-corrected chi connectivity index (χ3v) is 5.74. The molecule has 27 heavy (non-hydrogen) atoms. The summed E-state index contributed by atoms with van der Waals surface area (Å²) in [5.41, 5.74) is 5.19. The molecule has 0 unspecified atom stereocenters. The number of carbonyl (C=O) groups is 1. The number of nitrogens with one attached hydrogen (secondary N) is 1. The van der Waals surface area contributed by atoms with Gasteiger partial charge in [-0.15, -0.1) is 10.2 Å². The summed E-state index contributed by atoms with van der Waals surface area (Å²) in [7, 11) is 1.93. The highest BCUT2D eigenvalue weighted by molar-refractivity contribution is 8.00. The Morgan fingerprint density at radius 3 is 2.30 bits per heavy atom. The van der Waals surface area contributed by atoms with E-state index in [2.05, 4.69) is 28.5 Å². The third kappa shape index (κ3) is 4.06. The van der Waals surface area contributed by atoms with Crippen LogP contribution >= 0.6 is 11.8 Å². The molecule has 3 rings (SSSR count). The van der Waals surface area contributed by atoms with Crippen LogP contribution in [0.1, 0.15) is 23.6 Å². The molecule has 1 aromatic heterocycles. The van der Waals surface area contributed by atoms with E-state index in [1.165, 1.54) is 11.8 Å². The molecule has 3 aromatic rings. The van der Waals surface area contributed by atoms with Crippen LogP contribution in [0.4, 0.5) is 5.69 Å². The van der Waals surface area contributed by atoms with Gasteiger partial charge in [0.05, 0.1) is 5.25 Å². The Balaban J connectivity index is 1.76. The van der Waals surface area contributed by atoms with Gasteiger partial charge in [0.1, 0.15) is 0 Å². The van der Waals surface area contributed by atoms with E-state index < -0.39 is 0 Å². The molecule has 2 aromatic carbocycles. The molecule has 0 saturated carbocycles. The highest BCUT2D eigenvalue weighted by Gasteiger charge is 2.20. The van der Waals surface area contributed by atoms with Crippen molar-refractivity contribution in [1.29, 1.82) is 0 Å². The fourth-order valence-corrected chi connectivity index (χ4v) is 3.74. The number of thioether (sulfide) groups is 1. The molecule has 1 amide bonds. The van der Waals surface area contributed by atoms with Crippen molar-refractivity contribution in [3.8, 4) is 11.4 Å². The fraction of sp³-hybridized carbons (Fsp3) is 0.286. The van der Waals surface area contributed by atoms with Crippen molar-refractivity contribution in [2.75, 3.05) is 5.32 Å². The van der Waals surface area contributed by atoms with Crippen molar-refractivity contribution < 1.29 is 4.79 Å². The quantitative estimate of drug-likeness (QED) is 0.661. The van der Waals surface area contributed by atoms with Crippen LogP contribution in [0.3, 0.4) is 0 Å². The summed E-state index contributed by atoms with van der Waals surface area (Å²) in [6.07, 6.45) is 0. The Morgan fingerprint density at radius 1 is 1.00 bits per heavy atom. The van der Waals surface area contributed by atoms with Gasteiger partial charge in [0.15, 0.2) is 11.0 Å². The van der Waals surface area contributed by atoms with Gasteiger partial charge in [-0.25, -0.2) is 0 Å². The zero-order valence-corrected chi connectivity index (χ0v) is 17.1. The Hall–Kier alpha value is -2.60. The van der Waals surface area contributed by atoms with Crippen molar-refractivity contribution in [3.05, 3.63) is 59.2 Å². The highest BCUT2D eigenvalue weighted by atomic mass is 32.2. The lowest BCUT2D eigenvalue weighted by Gasteiger charge is -2.15. The maximum absolute atomic E-state index is 12.7. The van der Waals surface area contributed by atoms with E-state index in [9.17, 15) is 4.79 Å². The van der Waals surface area contributed by atoms with Crippen LogP contribution in [0, 0.1) is 20.8 Å². The predicted molar refractivity (Wildman–Crippen MR) is 111 cm³/mol. The number of anilines is 1. The summed E-state index contributed by atoms with van der Waals surface area (Å²) in [6.45, 7) is 7.93. The summed E-state index contributed by atoms with van der Waals surface area (Å²) in [5, 5.41) is 12.1. The number of para-hydroxylation sites is 1. The van der Waals surface area contributed by atoms with Crippen LogP contribution in [0.25, 0.3) is 11.4 Å². The summed E-state index contributed by atoms with van der Waals surface area (Å²) in [6, 6.07) is 14.1.